The summed E-state index contributed by atoms with van der Waals surface area (Å²) in [7, 11) is 1.49. The Kier molecular flexibility index (Phi) is 6.54. The van der Waals surface area contributed by atoms with Crippen LogP contribution in [-0.2, 0) is 9.53 Å². The van der Waals surface area contributed by atoms with Crippen LogP contribution in [0.3, 0.4) is 0 Å². The summed E-state index contributed by atoms with van der Waals surface area (Å²) in [6, 6.07) is 1.38. The van der Waals surface area contributed by atoms with E-state index in [9.17, 15) is 13.6 Å². The molecule has 0 bridgehead atoms. The molecule has 6 heteroatoms. The number of halogens is 2. The molecule has 1 atom stereocenters. The van der Waals surface area contributed by atoms with Crippen molar-refractivity contribution in [1.29, 1.82) is 5.26 Å². The fourth-order valence-electron chi connectivity index (χ4n) is 0.811. The Balaban J connectivity index is 3.71. The lowest BCUT2D eigenvalue weighted by Gasteiger charge is -2.19. The molecule has 0 N–H and O–H groups in total. The van der Waals surface area contributed by atoms with Crippen molar-refractivity contribution in [3.63, 3.8) is 0 Å². The first-order valence-corrected chi connectivity index (χ1v) is 4.50. The van der Waals surface area contributed by atoms with E-state index >= 15 is 0 Å². The number of carbonyl (C=O) groups is 1. The molecule has 0 fully saturated rings. The summed E-state index contributed by atoms with van der Waals surface area (Å²) in [6.07, 6.45) is -2.51. The van der Waals surface area contributed by atoms with Gasteiger partial charge in [0.25, 0.3) is 6.43 Å². The number of hydrogen-bond donors (Lipinski definition) is 0. The number of carbonyl (C=O) groups excluding carboxylic acids is 1. The summed E-state index contributed by atoms with van der Waals surface area (Å²) in [4.78, 5) is 12.6. The molecule has 0 rings (SSSR count). The van der Waals surface area contributed by atoms with Crippen LogP contribution in [0.25, 0.3) is 0 Å². The lowest BCUT2D eigenvalue weighted by Crippen LogP contribution is -2.34. The molecule has 0 aliphatic heterocycles. The van der Waals surface area contributed by atoms with Gasteiger partial charge in [0.15, 0.2) is 0 Å². The molecule has 0 saturated heterocycles. The van der Waals surface area contributed by atoms with Gasteiger partial charge in [0.2, 0.25) is 5.91 Å². The van der Waals surface area contributed by atoms with Gasteiger partial charge in [0, 0.05) is 7.05 Å². The van der Waals surface area contributed by atoms with Crippen LogP contribution in [0.2, 0.25) is 0 Å². The van der Waals surface area contributed by atoms with E-state index in [0.717, 1.165) is 0 Å². The number of rotatable bonds is 6. The molecular formula is C9H14F2N2O2. The molecule has 0 radical (unpaired) electrons. The van der Waals surface area contributed by atoms with Gasteiger partial charge in [-0.3, -0.25) is 4.79 Å². The number of nitriles is 1. The molecule has 4 nitrogen and oxygen atoms in total. The minimum absolute atomic E-state index is 0.00917. The maximum Gasteiger partial charge on any atom is 0.261 e. The number of nitrogens with zero attached hydrogens (tertiary/aromatic N) is 2. The molecule has 0 aromatic heterocycles. The van der Waals surface area contributed by atoms with E-state index in [2.05, 4.69) is 4.74 Å². The SMILES string of the molecule is CC(C#N)N(C)C(=O)CCOCC(F)F. The summed E-state index contributed by atoms with van der Waals surface area (Å²) in [5.41, 5.74) is 0. The van der Waals surface area contributed by atoms with Crippen LogP contribution in [0.1, 0.15) is 13.3 Å². The topological polar surface area (TPSA) is 53.3 Å². The lowest BCUT2D eigenvalue weighted by molar-refractivity contribution is -0.132. The van der Waals surface area contributed by atoms with E-state index in [-0.39, 0.29) is 18.9 Å². The van der Waals surface area contributed by atoms with Gasteiger partial charge in [-0.2, -0.15) is 5.26 Å². The molecule has 15 heavy (non-hydrogen) atoms. The van der Waals surface area contributed by atoms with Gasteiger partial charge in [-0.05, 0) is 6.92 Å². The molecule has 1 unspecified atom stereocenters. The summed E-state index contributed by atoms with van der Waals surface area (Å²) >= 11 is 0. The Labute approximate surface area is 87.4 Å². The highest BCUT2D eigenvalue weighted by Gasteiger charge is 2.14. The first-order chi connectivity index (χ1) is 6.99. The molecule has 0 spiro atoms. The number of alkyl halides is 2. The van der Waals surface area contributed by atoms with Gasteiger partial charge in [-0.15, -0.1) is 0 Å². The zero-order valence-electron chi connectivity index (χ0n) is 8.74. The molecule has 0 heterocycles. The predicted octanol–water partition coefficient (Wildman–Crippen LogP) is 1.03. The van der Waals surface area contributed by atoms with Crippen LogP contribution in [-0.4, -0.2) is 43.5 Å². The highest BCUT2D eigenvalue weighted by atomic mass is 19.3. The summed E-state index contributed by atoms with van der Waals surface area (Å²) in [5, 5.41) is 8.52. The number of hydrogen-bond acceptors (Lipinski definition) is 3. The Bertz CT molecular complexity index is 241. The molecule has 86 valence electrons. The second-order valence-corrected chi connectivity index (χ2v) is 3.03. The van der Waals surface area contributed by atoms with Crippen LogP contribution in [0.4, 0.5) is 8.78 Å². The largest absolute Gasteiger partial charge is 0.375 e. The first-order valence-electron chi connectivity index (χ1n) is 4.50. The Morgan fingerprint density at radius 2 is 2.20 bits per heavy atom. The Morgan fingerprint density at radius 1 is 1.60 bits per heavy atom. The Hall–Kier alpha value is -1.22. The summed E-state index contributed by atoms with van der Waals surface area (Å²) in [5.74, 6) is -0.293. The number of amides is 1. The first kappa shape index (κ1) is 13.8. The van der Waals surface area contributed by atoms with E-state index in [1.54, 1.807) is 6.92 Å². The normalized spacial score (nSPS) is 12.3. The van der Waals surface area contributed by atoms with Gasteiger partial charge in [-0.1, -0.05) is 0 Å². The third-order valence-electron chi connectivity index (χ3n) is 1.87. The van der Waals surface area contributed by atoms with E-state index in [0.29, 0.717) is 0 Å². The van der Waals surface area contributed by atoms with Gasteiger partial charge < -0.3 is 9.64 Å². The maximum atomic E-state index is 11.6. The Morgan fingerprint density at radius 3 is 2.67 bits per heavy atom. The fourth-order valence-corrected chi connectivity index (χ4v) is 0.811. The van der Waals surface area contributed by atoms with Crippen LogP contribution in [0.5, 0.6) is 0 Å². The zero-order valence-corrected chi connectivity index (χ0v) is 8.74. The standard InChI is InChI=1S/C9H14F2N2O2/c1-7(5-12)13(2)9(14)3-4-15-6-8(10)11/h7-8H,3-4,6H2,1-2H3. The average molecular weight is 220 g/mol. The smallest absolute Gasteiger partial charge is 0.261 e. The molecular weight excluding hydrogens is 206 g/mol. The third kappa shape index (κ3) is 5.96. The van der Waals surface area contributed by atoms with Crippen molar-refractivity contribution >= 4 is 5.91 Å². The molecule has 0 aromatic rings. The third-order valence-corrected chi connectivity index (χ3v) is 1.87. The quantitative estimate of drug-likeness (QED) is 0.628. The second kappa shape index (κ2) is 7.12. The van der Waals surface area contributed by atoms with Gasteiger partial charge in [0.05, 0.1) is 19.1 Å². The van der Waals surface area contributed by atoms with Gasteiger partial charge in [-0.25, -0.2) is 8.78 Å². The fraction of sp³-hybridized carbons (Fsp3) is 0.778. The van der Waals surface area contributed by atoms with E-state index in [1.165, 1.54) is 11.9 Å². The van der Waals surface area contributed by atoms with Crippen molar-refractivity contribution in [2.24, 2.45) is 0 Å². The van der Waals surface area contributed by atoms with Crippen molar-refractivity contribution < 1.29 is 18.3 Å². The van der Waals surface area contributed by atoms with E-state index < -0.39 is 19.1 Å². The molecule has 1 amide bonds. The summed E-state index contributed by atoms with van der Waals surface area (Å²) in [6.45, 7) is 0.869. The van der Waals surface area contributed by atoms with Crippen LogP contribution < -0.4 is 0 Å². The minimum atomic E-state index is -2.52. The van der Waals surface area contributed by atoms with Crippen molar-refractivity contribution in [3.8, 4) is 6.07 Å². The highest BCUT2D eigenvalue weighted by molar-refractivity contribution is 5.76. The van der Waals surface area contributed by atoms with Crippen molar-refractivity contribution in [2.75, 3.05) is 20.3 Å². The van der Waals surface area contributed by atoms with Gasteiger partial charge >= 0.3 is 0 Å². The highest BCUT2D eigenvalue weighted by Crippen LogP contribution is 1.99. The van der Waals surface area contributed by atoms with Crippen molar-refractivity contribution in [3.05, 3.63) is 0 Å². The number of ether oxygens (including phenoxy) is 1. The van der Waals surface area contributed by atoms with E-state index in [1.807, 2.05) is 6.07 Å². The maximum absolute atomic E-state index is 11.6. The van der Waals surface area contributed by atoms with E-state index in [4.69, 9.17) is 5.26 Å². The minimum Gasteiger partial charge on any atom is -0.375 e. The summed E-state index contributed by atoms with van der Waals surface area (Å²) < 4.78 is 27.8. The average Bonchev–Trinajstić information content (AvgIpc) is 2.21. The molecule has 0 saturated carbocycles. The van der Waals surface area contributed by atoms with Crippen LogP contribution in [0, 0.1) is 11.3 Å². The zero-order chi connectivity index (χ0) is 11.8. The van der Waals surface area contributed by atoms with Gasteiger partial charge in [0.1, 0.15) is 12.6 Å². The van der Waals surface area contributed by atoms with Crippen LogP contribution >= 0.6 is 0 Å². The predicted molar refractivity (Wildman–Crippen MR) is 49.3 cm³/mol. The van der Waals surface area contributed by atoms with Crippen molar-refractivity contribution in [1.82, 2.24) is 4.90 Å². The lowest BCUT2D eigenvalue weighted by atomic mass is 10.3. The second-order valence-electron chi connectivity index (χ2n) is 3.03. The molecule has 0 aliphatic rings. The van der Waals surface area contributed by atoms with Crippen molar-refractivity contribution in [2.45, 2.75) is 25.8 Å². The van der Waals surface area contributed by atoms with Crippen LogP contribution in [0.15, 0.2) is 0 Å². The molecule has 0 aliphatic carbocycles. The monoisotopic (exact) mass is 220 g/mol. The molecule has 0 aromatic carbocycles.